The van der Waals surface area contributed by atoms with Crippen molar-refractivity contribution in [2.45, 2.75) is 32.7 Å². The van der Waals surface area contributed by atoms with Gasteiger partial charge < -0.3 is 10.5 Å². The Balaban J connectivity index is 2.25. The Labute approximate surface area is 118 Å². The summed E-state index contributed by atoms with van der Waals surface area (Å²) in [7, 11) is 1.67. The van der Waals surface area contributed by atoms with E-state index in [1.165, 1.54) is 4.88 Å². The summed E-state index contributed by atoms with van der Waals surface area (Å²) in [5.41, 5.74) is 8.19. The fraction of sp³-hybridized carbons (Fsp3) is 0.400. The molecule has 0 radical (unpaired) electrons. The van der Waals surface area contributed by atoms with Crippen LogP contribution in [0.1, 0.15) is 28.1 Å². The van der Waals surface area contributed by atoms with Crippen molar-refractivity contribution < 1.29 is 4.74 Å². The van der Waals surface area contributed by atoms with Crippen LogP contribution < -0.4 is 10.5 Å². The Morgan fingerprint density at radius 2 is 2.11 bits per heavy atom. The van der Waals surface area contributed by atoms with Crippen LogP contribution >= 0.6 is 11.3 Å². The first-order chi connectivity index (χ1) is 8.92. The summed E-state index contributed by atoms with van der Waals surface area (Å²) in [6.45, 7) is 6.17. The molecule has 1 aromatic heterocycles. The van der Waals surface area contributed by atoms with E-state index in [0.29, 0.717) is 0 Å². The molecule has 3 nitrogen and oxygen atoms in total. The Kier molecular flexibility index (Phi) is 3.92. The quantitative estimate of drug-likeness (QED) is 0.933. The van der Waals surface area contributed by atoms with Crippen LogP contribution in [0.3, 0.4) is 0 Å². The van der Waals surface area contributed by atoms with Gasteiger partial charge in [0.05, 0.1) is 17.8 Å². The molecule has 0 saturated carbocycles. The maximum atomic E-state index is 6.46. The van der Waals surface area contributed by atoms with E-state index >= 15 is 0 Å². The Morgan fingerprint density at radius 1 is 1.37 bits per heavy atom. The Hall–Kier alpha value is -1.39. The van der Waals surface area contributed by atoms with E-state index < -0.39 is 5.54 Å². The van der Waals surface area contributed by atoms with E-state index in [0.717, 1.165) is 28.4 Å². The highest BCUT2D eigenvalue weighted by Crippen LogP contribution is 2.28. The molecule has 1 atom stereocenters. The number of thiazole rings is 1. The fourth-order valence-electron chi connectivity index (χ4n) is 2.01. The van der Waals surface area contributed by atoms with Gasteiger partial charge in [-0.3, -0.25) is 0 Å². The van der Waals surface area contributed by atoms with Gasteiger partial charge in [0, 0.05) is 16.8 Å². The third kappa shape index (κ3) is 3.14. The second-order valence-electron chi connectivity index (χ2n) is 5.08. The molecule has 19 heavy (non-hydrogen) atoms. The number of aromatic nitrogens is 1. The van der Waals surface area contributed by atoms with Crippen LogP contribution in [0.4, 0.5) is 0 Å². The molecule has 0 fully saturated rings. The monoisotopic (exact) mass is 276 g/mol. The van der Waals surface area contributed by atoms with Gasteiger partial charge >= 0.3 is 0 Å². The van der Waals surface area contributed by atoms with E-state index in [1.54, 1.807) is 18.4 Å². The average Bonchev–Trinajstić information content (AvgIpc) is 2.67. The van der Waals surface area contributed by atoms with Crippen LogP contribution in [0, 0.1) is 13.8 Å². The van der Waals surface area contributed by atoms with E-state index in [4.69, 9.17) is 10.5 Å². The molecule has 0 aliphatic heterocycles. The maximum absolute atomic E-state index is 6.46. The first kappa shape index (κ1) is 14.0. The second kappa shape index (κ2) is 5.31. The van der Waals surface area contributed by atoms with Crippen molar-refractivity contribution in [2.75, 3.05) is 7.11 Å². The first-order valence-corrected chi connectivity index (χ1v) is 7.10. The zero-order valence-electron chi connectivity index (χ0n) is 11.9. The zero-order chi connectivity index (χ0) is 14.0. The Bertz CT molecular complexity index is 556. The summed E-state index contributed by atoms with van der Waals surface area (Å²) in [5, 5.41) is 1.09. The van der Waals surface area contributed by atoms with E-state index in [1.807, 2.05) is 38.1 Å². The molecule has 1 unspecified atom stereocenters. The lowest BCUT2D eigenvalue weighted by Gasteiger charge is -2.24. The molecule has 2 aromatic rings. The van der Waals surface area contributed by atoms with Crippen LogP contribution in [0.2, 0.25) is 0 Å². The topological polar surface area (TPSA) is 48.1 Å². The number of benzene rings is 1. The lowest BCUT2D eigenvalue weighted by Crippen LogP contribution is -2.35. The summed E-state index contributed by atoms with van der Waals surface area (Å²) >= 11 is 1.72. The highest BCUT2D eigenvalue weighted by Gasteiger charge is 2.24. The number of rotatable bonds is 4. The summed E-state index contributed by atoms with van der Waals surface area (Å²) in [6.07, 6.45) is 0.736. The molecule has 0 spiro atoms. The number of nitrogens with zero attached hydrogens (tertiary/aromatic N) is 1. The van der Waals surface area contributed by atoms with Crippen molar-refractivity contribution >= 4 is 11.3 Å². The highest BCUT2D eigenvalue weighted by atomic mass is 32.1. The lowest BCUT2D eigenvalue weighted by molar-refractivity contribution is 0.410. The number of nitrogens with two attached hydrogens (primary N) is 1. The number of hydrogen-bond donors (Lipinski definition) is 1. The summed E-state index contributed by atoms with van der Waals surface area (Å²) < 4.78 is 5.25. The van der Waals surface area contributed by atoms with Crippen LogP contribution in [-0.2, 0) is 12.0 Å². The molecule has 0 bridgehead atoms. The third-order valence-corrected chi connectivity index (χ3v) is 4.39. The van der Waals surface area contributed by atoms with Crippen molar-refractivity contribution in [3.63, 3.8) is 0 Å². The predicted molar refractivity (Wildman–Crippen MR) is 79.8 cm³/mol. The molecule has 2 N–H and O–H groups in total. The molecule has 0 saturated heterocycles. The van der Waals surface area contributed by atoms with Crippen molar-refractivity contribution in [1.82, 2.24) is 4.98 Å². The van der Waals surface area contributed by atoms with Gasteiger partial charge in [-0.05, 0) is 38.5 Å². The van der Waals surface area contributed by atoms with Gasteiger partial charge in [-0.25, -0.2) is 4.98 Å². The first-order valence-electron chi connectivity index (χ1n) is 6.28. The minimum absolute atomic E-state index is 0.439. The second-order valence-corrected chi connectivity index (χ2v) is 6.36. The normalized spacial score (nSPS) is 14.2. The van der Waals surface area contributed by atoms with Crippen LogP contribution in [0.5, 0.6) is 5.75 Å². The van der Waals surface area contributed by atoms with Crippen molar-refractivity contribution in [1.29, 1.82) is 0 Å². The molecule has 102 valence electrons. The molecule has 1 heterocycles. The van der Waals surface area contributed by atoms with Gasteiger partial charge in [0.15, 0.2) is 0 Å². The Morgan fingerprint density at radius 3 is 2.68 bits per heavy atom. The standard InChI is InChI=1S/C15H20N2OS/c1-10-11(2)19-14(17-10)9-15(3,16)12-6-5-7-13(8-12)18-4/h5-8H,9,16H2,1-4H3. The van der Waals surface area contributed by atoms with Gasteiger partial charge in [-0.1, -0.05) is 12.1 Å². The number of aryl methyl sites for hydroxylation is 2. The number of hydrogen-bond acceptors (Lipinski definition) is 4. The van der Waals surface area contributed by atoms with E-state index in [2.05, 4.69) is 11.9 Å². The van der Waals surface area contributed by atoms with Crippen molar-refractivity contribution in [2.24, 2.45) is 5.73 Å². The zero-order valence-corrected chi connectivity index (χ0v) is 12.7. The minimum Gasteiger partial charge on any atom is -0.497 e. The van der Waals surface area contributed by atoms with Crippen LogP contribution in [0.25, 0.3) is 0 Å². The van der Waals surface area contributed by atoms with Gasteiger partial charge in [-0.2, -0.15) is 0 Å². The van der Waals surface area contributed by atoms with E-state index in [9.17, 15) is 0 Å². The van der Waals surface area contributed by atoms with Crippen LogP contribution in [-0.4, -0.2) is 12.1 Å². The molecule has 0 amide bonds. The SMILES string of the molecule is COc1cccc(C(C)(N)Cc2nc(C)c(C)s2)c1. The molecule has 0 aliphatic carbocycles. The summed E-state index contributed by atoms with van der Waals surface area (Å²) in [5.74, 6) is 0.834. The molecular formula is C15H20N2OS. The minimum atomic E-state index is -0.439. The summed E-state index contributed by atoms with van der Waals surface area (Å²) in [4.78, 5) is 5.83. The smallest absolute Gasteiger partial charge is 0.119 e. The van der Waals surface area contributed by atoms with Crippen LogP contribution in [0.15, 0.2) is 24.3 Å². The largest absolute Gasteiger partial charge is 0.497 e. The molecule has 2 rings (SSSR count). The highest BCUT2D eigenvalue weighted by molar-refractivity contribution is 7.11. The van der Waals surface area contributed by atoms with Gasteiger partial charge in [0.1, 0.15) is 5.75 Å². The molecular weight excluding hydrogens is 256 g/mol. The molecule has 4 heteroatoms. The van der Waals surface area contributed by atoms with E-state index in [-0.39, 0.29) is 0 Å². The number of methoxy groups -OCH3 is 1. The maximum Gasteiger partial charge on any atom is 0.119 e. The molecule has 0 aliphatic rings. The third-order valence-electron chi connectivity index (χ3n) is 3.32. The average molecular weight is 276 g/mol. The van der Waals surface area contributed by atoms with Gasteiger partial charge in [-0.15, -0.1) is 11.3 Å². The van der Waals surface area contributed by atoms with Gasteiger partial charge in [0.2, 0.25) is 0 Å². The number of ether oxygens (including phenoxy) is 1. The fourth-order valence-corrected chi connectivity index (χ4v) is 3.11. The van der Waals surface area contributed by atoms with Crippen molar-refractivity contribution in [3.05, 3.63) is 45.4 Å². The lowest BCUT2D eigenvalue weighted by atomic mass is 9.90. The van der Waals surface area contributed by atoms with Crippen molar-refractivity contribution in [3.8, 4) is 5.75 Å². The predicted octanol–water partition coefficient (Wildman–Crippen LogP) is 3.19. The molecule has 1 aromatic carbocycles. The van der Waals surface area contributed by atoms with Gasteiger partial charge in [0.25, 0.3) is 0 Å². The summed E-state index contributed by atoms with van der Waals surface area (Å²) in [6, 6.07) is 7.93.